The number of aliphatic hydroxyl groups is 1. The fourth-order valence-electron chi connectivity index (χ4n) is 2.73. The molecule has 0 aromatic heterocycles. The molecule has 0 saturated heterocycles. The summed E-state index contributed by atoms with van der Waals surface area (Å²) in [5, 5.41) is 35.6. The van der Waals surface area contributed by atoms with Gasteiger partial charge in [-0.2, -0.15) is 4.39 Å². The second kappa shape index (κ2) is 8.93. The Balaban J connectivity index is 2.21. The number of nitrogens with one attached hydrogen (secondary N) is 1. The van der Waals surface area contributed by atoms with Crippen molar-refractivity contribution in [3.8, 4) is 0 Å². The summed E-state index contributed by atoms with van der Waals surface area (Å²) in [5.41, 5.74) is -0.196. The van der Waals surface area contributed by atoms with Gasteiger partial charge in [-0.15, -0.1) is 0 Å². The van der Waals surface area contributed by atoms with Crippen molar-refractivity contribution in [3.05, 3.63) is 69.9 Å². The molecule has 0 saturated carbocycles. The maximum absolute atomic E-state index is 14.5. The molecule has 1 unspecified atom stereocenters. The first-order valence-corrected chi connectivity index (χ1v) is 9.63. The molecule has 2 rings (SSSR count). The van der Waals surface area contributed by atoms with E-state index >= 15 is 0 Å². The van der Waals surface area contributed by atoms with Crippen molar-refractivity contribution in [1.82, 2.24) is 0 Å². The Morgan fingerprint density at radius 3 is 2.25 bits per heavy atom. The van der Waals surface area contributed by atoms with Crippen LogP contribution in [-0.2, 0) is 0 Å². The highest BCUT2D eigenvalue weighted by molar-refractivity contribution is 9.10. The van der Waals surface area contributed by atoms with Crippen LogP contribution in [0.1, 0.15) is 29.2 Å². The van der Waals surface area contributed by atoms with E-state index in [2.05, 4.69) is 37.2 Å². The molecule has 28 heavy (non-hydrogen) atoms. The molecule has 0 spiro atoms. The monoisotopic (exact) mass is 519 g/mol. The quantitative estimate of drug-likeness (QED) is 0.376. The lowest BCUT2D eigenvalue weighted by Crippen LogP contribution is -2.12. The third-order valence-electron chi connectivity index (χ3n) is 4.28. The second-order valence-electron chi connectivity index (χ2n) is 6.05. The summed E-state index contributed by atoms with van der Waals surface area (Å²) in [6.07, 6.45) is -1.35. The number of hydrogen-bond acceptors (Lipinski definition) is 6. The normalized spacial score (nSPS) is 11.9. The number of aliphatic hydroxyl groups excluding tert-OH is 1. The summed E-state index contributed by atoms with van der Waals surface area (Å²) in [7, 11) is 0. The molecule has 0 fully saturated rings. The summed E-state index contributed by atoms with van der Waals surface area (Å²) in [6.45, 7) is 3.08. The van der Waals surface area contributed by atoms with Crippen LogP contribution in [0.3, 0.4) is 0 Å². The zero-order valence-electron chi connectivity index (χ0n) is 14.8. The van der Waals surface area contributed by atoms with E-state index in [-0.39, 0.29) is 35.5 Å². The van der Waals surface area contributed by atoms with Gasteiger partial charge in [0.2, 0.25) is 5.82 Å². The molecule has 8 nitrogen and oxygen atoms in total. The van der Waals surface area contributed by atoms with E-state index in [0.29, 0.717) is 14.5 Å². The minimum absolute atomic E-state index is 0.0180. The molecule has 0 aliphatic carbocycles. The fourth-order valence-corrected chi connectivity index (χ4v) is 3.49. The first kappa shape index (κ1) is 22.2. The Labute approximate surface area is 176 Å². The highest BCUT2D eigenvalue weighted by atomic mass is 79.9. The summed E-state index contributed by atoms with van der Waals surface area (Å²) < 4.78 is 15.4. The first-order valence-electron chi connectivity index (χ1n) is 8.04. The minimum Gasteiger partial charge on any atom is -0.388 e. The van der Waals surface area contributed by atoms with Crippen molar-refractivity contribution in [2.45, 2.75) is 26.4 Å². The van der Waals surface area contributed by atoms with Crippen molar-refractivity contribution in [1.29, 1.82) is 0 Å². The predicted molar refractivity (Wildman–Crippen MR) is 109 cm³/mol. The van der Waals surface area contributed by atoms with Crippen molar-refractivity contribution < 1.29 is 19.3 Å². The number of hydrogen-bond donors (Lipinski definition) is 2. The van der Waals surface area contributed by atoms with Crippen LogP contribution < -0.4 is 5.32 Å². The van der Waals surface area contributed by atoms with Gasteiger partial charge in [0, 0.05) is 32.2 Å². The van der Waals surface area contributed by atoms with E-state index in [1.165, 1.54) is 19.1 Å². The van der Waals surface area contributed by atoms with Gasteiger partial charge in [0.15, 0.2) is 0 Å². The van der Waals surface area contributed by atoms with Crippen molar-refractivity contribution in [2.24, 2.45) is 0 Å². The SMILES string of the molecule is Cc1c(Br)ccc(NCCC(O)c2cc(Br)c(C)c([N+](=O)[O-])c2F)c1[N+](=O)[O-]. The maximum atomic E-state index is 14.5. The van der Waals surface area contributed by atoms with Gasteiger partial charge >= 0.3 is 5.69 Å². The molecule has 2 aromatic rings. The van der Waals surface area contributed by atoms with Gasteiger partial charge in [0.1, 0.15) is 5.69 Å². The molecule has 0 radical (unpaired) electrons. The average Bonchev–Trinajstić information content (AvgIpc) is 2.60. The van der Waals surface area contributed by atoms with Crippen LogP contribution in [-0.4, -0.2) is 21.5 Å². The van der Waals surface area contributed by atoms with Gasteiger partial charge in [-0.1, -0.05) is 31.9 Å². The number of benzene rings is 2. The third-order valence-corrected chi connectivity index (χ3v) is 5.96. The largest absolute Gasteiger partial charge is 0.388 e. The van der Waals surface area contributed by atoms with Crippen molar-refractivity contribution in [3.63, 3.8) is 0 Å². The summed E-state index contributed by atoms with van der Waals surface area (Å²) in [6, 6.07) is 4.48. The lowest BCUT2D eigenvalue weighted by molar-refractivity contribution is -0.388. The Bertz CT molecular complexity index is 955. The lowest BCUT2D eigenvalue weighted by atomic mass is 10.0. The summed E-state index contributed by atoms with van der Waals surface area (Å²) in [5.74, 6) is -1.09. The van der Waals surface area contributed by atoms with Gasteiger partial charge in [0.25, 0.3) is 5.69 Å². The van der Waals surface area contributed by atoms with Gasteiger partial charge in [-0.25, -0.2) is 0 Å². The highest BCUT2D eigenvalue weighted by Crippen LogP contribution is 2.36. The van der Waals surface area contributed by atoms with Crippen LogP contribution in [0.2, 0.25) is 0 Å². The predicted octanol–water partition coefficient (Wildman–Crippen LogP) is 5.32. The average molecular weight is 521 g/mol. The van der Waals surface area contributed by atoms with Crippen LogP contribution in [0.5, 0.6) is 0 Å². The molecule has 11 heteroatoms. The summed E-state index contributed by atoms with van der Waals surface area (Å²) in [4.78, 5) is 21.1. The van der Waals surface area contributed by atoms with Gasteiger partial charge in [0.05, 0.1) is 16.0 Å². The number of halogens is 3. The fraction of sp³-hybridized carbons (Fsp3) is 0.294. The number of nitro groups is 2. The minimum atomic E-state index is -1.33. The molecular weight excluding hydrogens is 505 g/mol. The highest BCUT2D eigenvalue weighted by Gasteiger charge is 2.27. The van der Waals surface area contributed by atoms with Crippen molar-refractivity contribution in [2.75, 3.05) is 11.9 Å². The topological polar surface area (TPSA) is 119 Å². The van der Waals surface area contributed by atoms with Crippen LogP contribution in [0.25, 0.3) is 0 Å². The van der Waals surface area contributed by atoms with E-state index in [1.807, 2.05) is 0 Å². The molecule has 2 aromatic carbocycles. The summed E-state index contributed by atoms with van der Waals surface area (Å²) >= 11 is 6.37. The van der Waals surface area contributed by atoms with Gasteiger partial charge < -0.3 is 10.4 Å². The van der Waals surface area contributed by atoms with Gasteiger partial charge in [-0.3, -0.25) is 20.2 Å². The molecule has 2 N–H and O–H groups in total. The second-order valence-corrected chi connectivity index (χ2v) is 7.76. The van der Waals surface area contributed by atoms with E-state index in [0.717, 1.165) is 0 Å². The molecule has 150 valence electrons. The van der Waals surface area contributed by atoms with E-state index in [1.54, 1.807) is 13.0 Å². The Morgan fingerprint density at radius 1 is 1.11 bits per heavy atom. The lowest BCUT2D eigenvalue weighted by Gasteiger charge is -2.15. The molecule has 0 heterocycles. The first-order chi connectivity index (χ1) is 13.1. The van der Waals surface area contributed by atoms with Crippen molar-refractivity contribution >= 4 is 48.9 Å². The molecular formula is C17H16Br2FN3O5. The molecule has 0 aliphatic heterocycles. The third kappa shape index (κ3) is 4.47. The smallest absolute Gasteiger partial charge is 0.309 e. The molecule has 0 bridgehead atoms. The van der Waals surface area contributed by atoms with Gasteiger partial charge in [-0.05, 0) is 38.5 Å². The van der Waals surface area contributed by atoms with Crippen LogP contribution in [0.15, 0.2) is 27.1 Å². The van der Waals surface area contributed by atoms with Crippen LogP contribution >= 0.6 is 31.9 Å². The van der Waals surface area contributed by atoms with E-state index < -0.39 is 27.5 Å². The number of rotatable bonds is 7. The standard InChI is InChI=1S/C17H16Br2FN3O5/c1-8-11(18)3-4-13(16(8)22(25)26)21-6-5-14(24)10-7-12(19)9(2)17(15(10)20)23(27)28/h3-4,7,14,21,24H,5-6H2,1-2H3. The van der Waals surface area contributed by atoms with E-state index in [4.69, 9.17) is 0 Å². The zero-order valence-corrected chi connectivity index (χ0v) is 18.0. The Kier molecular flexibility index (Phi) is 7.07. The zero-order chi connectivity index (χ0) is 21.2. The number of nitro benzene ring substituents is 2. The Morgan fingerprint density at radius 2 is 1.68 bits per heavy atom. The van der Waals surface area contributed by atoms with Crippen LogP contribution in [0.4, 0.5) is 21.5 Å². The number of anilines is 1. The molecule has 1 atom stereocenters. The molecule has 0 aliphatic rings. The number of nitrogens with zero attached hydrogens (tertiary/aromatic N) is 2. The Hall–Kier alpha value is -2.11. The maximum Gasteiger partial charge on any atom is 0.309 e. The molecule has 0 amide bonds. The van der Waals surface area contributed by atoms with Crippen LogP contribution in [0, 0.1) is 39.9 Å². The van der Waals surface area contributed by atoms with E-state index in [9.17, 15) is 29.7 Å².